The van der Waals surface area contributed by atoms with Gasteiger partial charge in [0.25, 0.3) is 0 Å². The van der Waals surface area contributed by atoms with Gasteiger partial charge in [-0.2, -0.15) is 0 Å². The Labute approximate surface area is 217 Å². The molecule has 2 aliphatic heterocycles. The third-order valence-corrected chi connectivity index (χ3v) is 7.61. The summed E-state index contributed by atoms with van der Waals surface area (Å²) < 4.78 is 0. The van der Waals surface area contributed by atoms with E-state index in [-0.39, 0.29) is 36.2 Å². The van der Waals surface area contributed by atoms with E-state index in [2.05, 4.69) is 63.5 Å². The van der Waals surface area contributed by atoms with Crippen LogP contribution in [0.25, 0.3) is 0 Å². The Morgan fingerprint density at radius 3 is 1.25 bits per heavy atom. The predicted octanol–water partition coefficient (Wildman–Crippen LogP) is 5.58. The summed E-state index contributed by atoms with van der Waals surface area (Å²) in [6.45, 7) is 18.6. The number of aryl methyl sites for hydroxylation is 2. The molecule has 36 heavy (non-hydrogen) atoms. The molecule has 196 valence electrons. The van der Waals surface area contributed by atoms with Gasteiger partial charge in [-0.25, -0.2) is 0 Å². The Hall–Kier alpha value is -2.70. The van der Waals surface area contributed by atoms with E-state index in [4.69, 9.17) is 0 Å². The summed E-state index contributed by atoms with van der Waals surface area (Å²) in [6.07, 6.45) is 2.44. The SMILES string of the molecule is CCCN1[C@H](C)C(=O)N(c2ccccc2C)[C@@H]1C.CCCN1[C@H](C)N(c2ccccc2C)C(=O)[C@@H]1C. The Morgan fingerprint density at radius 2 is 0.944 bits per heavy atom. The Bertz CT molecular complexity index is 971. The van der Waals surface area contributed by atoms with Crippen LogP contribution in [0, 0.1) is 13.8 Å². The molecule has 0 spiro atoms. The molecule has 2 fully saturated rings. The molecule has 0 saturated carbocycles. The number of benzene rings is 2. The van der Waals surface area contributed by atoms with Gasteiger partial charge in [-0.1, -0.05) is 50.2 Å². The zero-order valence-corrected chi connectivity index (χ0v) is 23.4. The van der Waals surface area contributed by atoms with Gasteiger partial charge in [0, 0.05) is 24.5 Å². The molecule has 2 aromatic carbocycles. The van der Waals surface area contributed by atoms with Crippen LogP contribution in [0.15, 0.2) is 48.5 Å². The number of nitrogens with zero attached hydrogens (tertiary/aromatic N) is 4. The number of para-hydroxylation sites is 2. The number of anilines is 2. The second-order valence-corrected chi connectivity index (χ2v) is 10.1. The molecule has 4 atom stereocenters. The van der Waals surface area contributed by atoms with Crippen molar-refractivity contribution in [2.24, 2.45) is 0 Å². The zero-order valence-electron chi connectivity index (χ0n) is 23.4. The van der Waals surface area contributed by atoms with Crippen LogP contribution in [0.2, 0.25) is 0 Å². The van der Waals surface area contributed by atoms with Crippen LogP contribution in [0.3, 0.4) is 0 Å². The van der Waals surface area contributed by atoms with Gasteiger partial charge in [0.1, 0.15) is 0 Å². The Balaban J connectivity index is 0.000000201. The summed E-state index contributed by atoms with van der Waals surface area (Å²) in [7, 11) is 0. The van der Waals surface area contributed by atoms with Crippen molar-refractivity contribution in [2.75, 3.05) is 22.9 Å². The number of rotatable bonds is 6. The van der Waals surface area contributed by atoms with Gasteiger partial charge in [-0.3, -0.25) is 29.2 Å². The number of hydrogen-bond donors (Lipinski definition) is 0. The van der Waals surface area contributed by atoms with E-state index < -0.39 is 0 Å². The molecule has 6 nitrogen and oxygen atoms in total. The van der Waals surface area contributed by atoms with E-state index >= 15 is 0 Å². The third kappa shape index (κ3) is 5.35. The topological polar surface area (TPSA) is 47.1 Å². The lowest BCUT2D eigenvalue weighted by atomic mass is 10.1. The van der Waals surface area contributed by atoms with E-state index in [9.17, 15) is 9.59 Å². The summed E-state index contributed by atoms with van der Waals surface area (Å²) in [4.78, 5) is 33.3. The minimum Gasteiger partial charge on any atom is -0.295 e. The highest BCUT2D eigenvalue weighted by Crippen LogP contribution is 2.31. The normalized spacial score (nSPS) is 24.9. The lowest BCUT2D eigenvalue weighted by molar-refractivity contribution is -0.120. The van der Waals surface area contributed by atoms with E-state index in [0.29, 0.717) is 0 Å². The van der Waals surface area contributed by atoms with Crippen molar-refractivity contribution in [3.63, 3.8) is 0 Å². The van der Waals surface area contributed by atoms with Crippen molar-refractivity contribution in [1.29, 1.82) is 0 Å². The molecule has 2 aromatic rings. The van der Waals surface area contributed by atoms with Crippen LogP contribution in [0.1, 0.15) is 65.5 Å². The van der Waals surface area contributed by atoms with E-state index in [1.165, 1.54) is 0 Å². The summed E-state index contributed by atoms with van der Waals surface area (Å²) >= 11 is 0. The van der Waals surface area contributed by atoms with Gasteiger partial charge in [-0.15, -0.1) is 0 Å². The summed E-state index contributed by atoms with van der Waals surface area (Å²) in [6, 6.07) is 16.2. The minimum absolute atomic E-state index is 0.0143. The van der Waals surface area contributed by atoms with Crippen LogP contribution in [-0.2, 0) is 9.59 Å². The first-order valence-corrected chi connectivity index (χ1v) is 13.4. The van der Waals surface area contributed by atoms with Crippen molar-refractivity contribution in [3.05, 3.63) is 59.7 Å². The van der Waals surface area contributed by atoms with Gasteiger partial charge in [0.2, 0.25) is 11.8 Å². The van der Waals surface area contributed by atoms with Crippen LogP contribution in [0.5, 0.6) is 0 Å². The molecular formula is C30H44N4O2. The summed E-state index contributed by atoms with van der Waals surface area (Å²) in [5.41, 5.74) is 4.40. The number of carbonyl (C=O) groups is 2. The number of amides is 2. The molecule has 0 aromatic heterocycles. The molecule has 2 saturated heterocycles. The molecule has 0 bridgehead atoms. The van der Waals surface area contributed by atoms with Crippen LogP contribution in [0.4, 0.5) is 11.4 Å². The van der Waals surface area contributed by atoms with E-state index in [1.807, 2.05) is 60.0 Å². The first kappa shape index (κ1) is 27.9. The first-order valence-electron chi connectivity index (χ1n) is 13.4. The second kappa shape index (κ2) is 12.0. The van der Waals surface area contributed by atoms with Crippen LogP contribution in [-0.4, -0.2) is 59.1 Å². The average molecular weight is 493 g/mol. The lowest BCUT2D eigenvalue weighted by Gasteiger charge is -2.28. The molecule has 0 N–H and O–H groups in total. The maximum absolute atomic E-state index is 12.4. The number of hydrogen-bond acceptors (Lipinski definition) is 4. The van der Waals surface area contributed by atoms with Crippen molar-refractivity contribution in [2.45, 2.75) is 92.6 Å². The lowest BCUT2D eigenvalue weighted by Crippen LogP contribution is -2.38. The highest BCUT2D eigenvalue weighted by molar-refractivity contribution is 6.00. The summed E-state index contributed by atoms with van der Waals surface area (Å²) in [5.74, 6) is 0.426. The fourth-order valence-corrected chi connectivity index (χ4v) is 5.58. The fraction of sp³-hybridized carbons (Fsp3) is 0.533. The molecule has 6 heteroatoms. The van der Waals surface area contributed by atoms with Crippen molar-refractivity contribution in [1.82, 2.24) is 9.80 Å². The average Bonchev–Trinajstić information content (AvgIpc) is 3.19. The van der Waals surface area contributed by atoms with Crippen molar-refractivity contribution >= 4 is 23.2 Å². The zero-order chi connectivity index (χ0) is 26.6. The Kier molecular flexibility index (Phi) is 9.31. The van der Waals surface area contributed by atoms with Gasteiger partial charge in [0.05, 0.1) is 24.4 Å². The quantitative estimate of drug-likeness (QED) is 0.528. The molecule has 0 aliphatic carbocycles. The maximum atomic E-state index is 12.4. The molecular weight excluding hydrogens is 448 g/mol. The van der Waals surface area contributed by atoms with Gasteiger partial charge in [0.15, 0.2) is 0 Å². The molecule has 0 unspecified atom stereocenters. The van der Waals surface area contributed by atoms with E-state index in [0.717, 1.165) is 48.4 Å². The van der Waals surface area contributed by atoms with Crippen LogP contribution < -0.4 is 9.80 Å². The minimum atomic E-state index is -0.0143. The largest absolute Gasteiger partial charge is 0.295 e. The Morgan fingerprint density at radius 1 is 0.611 bits per heavy atom. The smallest absolute Gasteiger partial charge is 0.245 e. The number of carbonyl (C=O) groups excluding carboxylic acids is 2. The molecule has 4 rings (SSSR count). The molecule has 2 amide bonds. The standard InChI is InChI=1S/2C15H22N2O/c2*1-5-10-16-12(3)15(18)17(13(16)4)14-9-7-6-8-11(14)2/h2*6-9,12-13H,5,10H2,1-4H3/t2*12-,13-/m10/s1. The molecule has 2 aliphatic rings. The second-order valence-electron chi connectivity index (χ2n) is 10.1. The van der Waals surface area contributed by atoms with Crippen molar-refractivity contribution < 1.29 is 9.59 Å². The van der Waals surface area contributed by atoms with Gasteiger partial charge < -0.3 is 0 Å². The van der Waals surface area contributed by atoms with Crippen molar-refractivity contribution in [3.8, 4) is 0 Å². The highest BCUT2D eigenvalue weighted by Gasteiger charge is 2.42. The third-order valence-electron chi connectivity index (χ3n) is 7.61. The predicted molar refractivity (Wildman–Crippen MR) is 149 cm³/mol. The monoisotopic (exact) mass is 492 g/mol. The molecule has 2 heterocycles. The highest BCUT2D eigenvalue weighted by atomic mass is 16.2. The first-order chi connectivity index (χ1) is 17.1. The van der Waals surface area contributed by atoms with Gasteiger partial charge >= 0.3 is 0 Å². The molecule has 0 radical (unpaired) electrons. The van der Waals surface area contributed by atoms with Gasteiger partial charge in [-0.05, 0) is 77.6 Å². The van der Waals surface area contributed by atoms with E-state index in [1.54, 1.807) is 0 Å². The van der Waals surface area contributed by atoms with Crippen LogP contribution >= 0.6 is 0 Å². The maximum Gasteiger partial charge on any atom is 0.245 e. The summed E-state index contributed by atoms with van der Waals surface area (Å²) in [5, 5.41) is 0. The fourth-order valence-electron chi connectivity index (χ4n) is 5.58.